The number of hydrogen-bond donors (Lipinski definition) is 3. The number of amides is 1. The maximum atomic E-state index is 12.4. The number of thiophene rings is 1. The first-order valence-corrected chi connectivity index (χ1v) is 12.6. The van der Waals surface area contributed by atoms with Crippen molar-refractivity contribution in [3.05, 3.63) is 60.6 Å². The van der Waals surface area contributed by atoms with Crippen molar-refractivity contribution in [3.8, 4) is 33.1 Å². The van der Waals surface area contributed by atoms with Gasteiger partial charge in [-0.25, -0.2) is 9.97 Å². The first-order chi connectivity index (χ1) is 17.7. The van der Waals surface area contributed by atoms with Crippen molar-refractivity contribution in [1.29, 1.82) is 0 Å². The van der Waals surface area contributed by atoms with Crippen molar-refractivity contribution in [3.63, 3.8) is 0 Å². The van der Waals surface area contributed by atoms with Crippen LogP contribution in [0.2, 0.25) is 0 Å². The molecule has 3 N–H and O–H groups in total. The molecule has 1 amide bonds. The number of aromatic nitrogens is 7. The molecule has 36 heavy (non-hydrogen) atoms. The van der Waals surface area contributed by atoms with Crippen molar-refractivity contribution in [1.82, 2.24) is 35.1 Å². The number of hydrogen-bond acceptors (Lipinski definition) is 7. The molecule has 1 aliphatic rings. The van der Waals surface area contributed by atoms with E-state index in [1.807, 2.05) is 29.8 Å². The average molecular weight is 493 g/mol. The Morgan fingerprint density at radius 1 is 1.06 bits per heavy atom. The number of H-pyrrole nitrogens is 2. The predicted molar refractivity (Wildman–Crippen MR) is 139 cm³/mol. The monoisotopic (exact) mass is 492 g/mol. The zero-order valence-corrected chi connectivity index (χ0v) is 19.8. The topological polar surface area (TPSA) is 125 Å². The molecular weight excluding hydrogens is 472 g/mol. The van der Waals surface area contributed by atoms with Gasteiger partial charge in [0.2, 0.25) is 5.91 Å². The lowest BCUT2D eigenvalue weighted by atomic mass is 9.85. The summed E-state index contributed by atoms with van der Waals surface area (Å²) in [6.07, 6.45) is 11.8. The number of nitrogens with one attached hydrogen (secondary N) is 3. The zero-order valence-electron chi connectivity index (χ0n) is 19.0. The van der Waals surface area contributed by atoms with E-state index in [1.165, 1.54) is 0 Å². The molecule has 0 radical (unpaired) electrons. The molecule has 176 valence electrons. The minimum atomic E-state index is 0.0622. The maximum absolute atomic E-state index is 12.4. The van der Waals surface area contributed by atoms with Crippen LogP contribution in [0.1, 0.15) is 19.3 Å². The van der Waals surface area contributed by atoms with Gasteiger partial charge in [-0.1, -0.05) is 12.5 Å². The highest BCUT2D eigenvalue weighted by atomic mass is 32.1. The van der Waals surface area contributed by atoms with Crippen molar-refractivity contribution in [2.75, 3.05) is 5.32 Å². The Balaban J connectivity index is 1.26. The lowest BCUT2D eigenvalue weighted by Crippen LogP contribution is -2.28. The van der Waals surface area contributed by atoms with Crippen LogP contribution in [0.4, 0.5) is 5.69 Å². The third-order valence-corrected chi connectivity index (χ3v) is 7.55. The lowest BCUT2D eigenvalue weighted by Gasteiger charge is -2.24. The van der Waals surface area contributed by atoms with Gasteiger partial charge in [0.15, 0.2) is 11.5 Å². The van der Waals surface area contributed by atoms with Crippen molar-refractivity contribution in [2.24, 2.45) is 5.92 Å². The predicted octanol–water partition coefficient (Wildman–Crippen LogP) is 5.43. The van der Waals surface area contributed by atoms with Crippen LogP contribution in [0.5, 0.6) is 0 Å². The summed E-state index contributed by atoms with van der Waals surface area (Å²) in [5, 5.41) is 13.3. The molecule has 0 bridgehead atoms. The van der Waals surface area contributed by atoms with Crippen molar-refractivity contribution < 1.29 is 4.79 Å². The van der Waals surface area contributed by atoms with Gasteiger partial charge in [-0.2, -0.15) is 5.10 Å². The molecule has 10 heteroatoms. The van der Waals surface area contributed by atoms with Crippen molar-refractivity contribution >= 4 is 45.0 Å². The summed E-state index contributed by atoms with van der Waals surface area (Å²) in [6, 6.07) is 8.02. The molecule has 6 aromatic rings. The van der Waals surface area contributed by atoms with Gasteiger partial charge in [0.25, 0.3) is 0 Å². The van der Waals surface area contributed by atoms with Crippen LogP contribution in [-0.4, -0.2) is 41.0 Å². The number of nitrogens with zero attached hydrogens (tertiary/aromatic N) is 5. The average Bonchev–Trinajstić information content (AvgIpc) is 3.61. The van der Waals surface area contributed by atoms with Gasteiger partial charge in [-0.15, -0.1) is 11.3 Å². The fraction of sp³-hybridized carbons (Fsp3) is 0.154. The molecule has 0 unspecified atom stereocenters. The molecular formula is C26H20N8OS. The fourth-order valence-corrected chi connectivity index (χ4v) is 5.22. The Morgan fingerprint density at radius 2 is 1.94 bits per heavy atom. The second kappa shape index (κ2) is 8.35. The molecule has 6 aromatic heterocycles. The second-order valence-electron chi connectivity index (χ2n) is 8.92. The van der Waals surface area contributed by atoms with Gasteiger partial charge < -0.3 is 10.3 Å². The Hall–Kier alpha value is -4.44. The van der Waals surface area contributed by atoms with Crippen LogP contribution >= 0.6 is 11.3 Å². The number of aromatic amines is 2. The molecule has 1 fully saturated rings. The van der Waals surface area contributed by atoms with Gasteiger partial charge >= 0.3 is 0 Å². The van der Waals surface area contributed by atoms with Gasteiger partial charge in [0.1, 0.15) is 11.2 Å². The minimum absolute atomic E-state index is 0.0622. The van der Waals surface area contributed by atoms with Crippen LogP contribution in [0, 0.1) is 5.92 Å². The smallest absolute Gasteiger partial charge is 0.227 e. The van der Waals surface area contributed by atoms with Crippen LogP contribution < -0.4 is 5.32 Å². The number of fused-ring (bicyclic) bond motifs is 2. The zero-order chi connectivity index (χ0) is 24.1. The molecule has 0 aromatic carbocycles. The lowest BCUT2D eigenvalue weighted by molar-refractivity contribution is -0.122. The van der Waals surface area contributed by atoms with Crippen LogP contribution in [0.15, 0.2) is 60.6 Å². The summed E-state index contributed by atoms with van der Waals surface area (Å²) in [4.78, 5) is 35.0. The van der Waals surface area contributed by atoms with E-state index in [9.17, 15) is 4.79 Å². The summed E-state index contributed by atoms with van der Waals surface area (Å²) in [5.74, 6) is 0.837. The summed E-state index contributed by atoms with van der Waals surface area (Å²) < 4.78 is 0. The summed E-state index contributed by atoms with van der Waals surface area (Å²) in [6.45, 7) is 0. The number of carbonyl (C=O) groups is 1. The largest absolute Gasteiger partial charge is 0.335 e. The highest BCUT2D eigenvalue weighted by Crippen LogP contribution is 2.34. The Bertz CT molecular complexity index is 1730. The highest BCUT2D eigenvalue weighted by Gasteiger charge is 2.25. The summed E-state index contributed by atoms with van der Waals surface area (Å²) >= 11 is 1.65. The molecule has 0 aliphatic heterocycles. The molecule has 1 aliphatic carbocycles. The first-order valence-electron chi connectivity index (χ1n) is 11.7. The second-order valence-corrected chi connectivity index (χ2v) is 9.87. The fourth-order valence-electron chi connectivity index (χ4n) is 4.48. The van der Waals surface area contributed by atoms with Gasteiger partial charge in [0, 0.05) is 46.1 Å². The van der Waals surface area contributed by atoms with E-state index in [4.69, 9.17) is 4.98 Å². The van der Waals surface area contributed by atoms with E-state index < -0.39 is 0 Å². The third kappa shape index (κ3) is 3.54. The molecule has 0 atom stereocenters. The number of carbonyl (C=O) groups excluding carboxylic acids is 1. The highest BCUT2D eigenvalue weighted by molar-refractivity contribution is 7.13. The van der Waals surface area contributed by atoms with Crippen LogP contribution in [-0.2, 0) is 4.79 Å². The molecule has 6 heterocycles. The number of rotatable bonds is 5. The summed E-state index contributed by atoms with van der Waals surface area (Å²) in [5.41, 5.74) is 6.44. The van der Waals surface area contributed by atoms with E-state index in [-0.39, 0.29) is 11.8 Å². The molecule has 0 saturated heterocycles. The SMILES string of the molecule is O=C(Nc1cncc(-c2cnc3n[nH]c(-c4nc5c(-c6cccs6)cncc5[nH]4)c3c2)c1)C1CCC1. The van der Waals surface area contributed by atoms with Crippen LogP contribution in [0.3, 0.4) is 0 Å². The van der Waals surface area contributed by atoms with E-state index in [0.29, 0.717) is 17.2 Å². The number of anilines is 1. The Morgan fingerprint density at radius 3 is 2.78 bits per heavy atom. The molecule has 7 rings (SSSR count). The Kier molecular flexibility index (Phi) is 4.84. The van der Waals surface area contributed by atoms with E-state index in [2.05, 4.69) is 41.5 Å². The molecule has 9 nitrogen and oxygen atoms in total. The number of pyridine rings is 3. The normalized spacial score (nSPS) is 13.8. The first kappa shape index (κ1) is 20.9. The van der Waals surface area contributed by atoms with E-state index >= 15 is 0 Å². The minimum Gasteiger partial charge on any atom is -0.335 e. The standard InChI is InChI=1S/C26H20N8OS/c35-26(14-3-1-4-14)30-17-7-15(9-27-11-17)16-8-18-23(33-34-24(18)29-10-16)25-31-20-13-28-12-19(22(20)32-25)21-5-2-6-36-21/h2,5-14H,1,3-4H2,(H,30,35)(H,31,32)(H,29,33,34). The van der Waals surface area contributed by atoms with E-state index in [0.717, 1.165) is 62.9 Å². The van der Waals surface area contributed by atoms with Crippen molar-refractivity contribution in [2.45, 2.75) is 19.3 Å². The van der Waals surface area contributed by atoms with Gasteiger partial charge in [-0.05, 0) is 36.4 Å². The summed E-state index contributed by atoms with van der Waals surface area (Å²) in [7, 11) is 0. The Labute approximate surface area is 209 Å². The number of imidazole rings is 1. The quantitative estimate of drug-likeness (QED) is 0.295. The van der Waals surface area contributed by atoms with Crippen LogP contribution in [0.25, 0.3) is 55.2 Å². The van der Waals surface area contributed by atoms with Gasteiger partial charge in [-0.3, -0.25) is 19.9 Å². The molecule has 0 spiro atoms. The third-order valence-electron chi connectivity index (χ3n) is 6.64. The van der Waals surface area contributed by atoms with E-state index in [1.54, 1.807) is 36.1 Å². The molecule has 1 saturated carbocycles. The van der Waals surface area contributed by atoms with Gasteiger partial charge in [0.05, 0.1) is 29.0 Å². The maximum Gasteiger partial charge on any atom is 0.227 e.